The van der Waals surface area contributed by atoms with Crippen LogP contribution in [-0.2, 0) is 27.5 Å². The summed E-state index contributed by atoms with van der Waals surface area (Å²) in [6, 6.07) is 17.6. The number of nitrogens with one attached hydrogen (secondary N) is 2. The molecule has 0 radical (unpaired) electrons. The first-order chi connectivity index (χ1) is 14.5. The highest BCUT2D eigenvalue weighted by molar-refractivity contribution is 6.39. The van der Waals surface area contributed by atoms with E-state index < -0.39 is 11.8 Å². The molecule has 2 N–H and O–H groups in total. The van der Waals surface area contributed by atoms with E-state index in [9.17, 15) is 9.59 Å². The Hall–Kier alpha value is -3.42. The van der Waals surface area contributed by atoms with Crippen LogP contribution in [0, 0.1) is 0 Å². The monoisotopic (exact) mass is 425 g/mol. The van der Waals surface area contributed by atoms with Crippen molar-refractivity contribution < 1.29 is 19.1 Å². The molecule has 154 valence electrons. The quantitative estimate of drug-likeness (QED) is 0.560. The number of aromatic nitrogens is 1. The van der Waals surface area contributed by atoms with Gasteiger partial charge in [-0.3, -0.25) is 9.59 Å². The van der Waals surface area contributed by atoms with E-state index in [1.54, 1.807) is 43.5 Å². The minimum absolute atomic E-state index is 0.232. The van der Waals surface area contributed by atoms with Gasteiger partial charge < -0.3 is 20.1 Å². The zero-order valence-electron chi connectivity index (χ0n) is 16.2. The number of hydrogen-bond acceptors (Lipinski definition) is 5. The molecular weight excluding hydrogens is 406 g/mol. The van der Waals surface area contributed by atoms with E-state index >= 15 is 0 Å². The number of benzene rings is 2. The molecular formula is C22H20ClN3O4. The second-order valence-corrected chi connectivity index (χ2v) is 6.77. The summed E-state index contributed by atoms with van der Waals surface area (Å²) in [7, 11) is 1.62. The van der Waals surface area contributed by atoms with Crippen molar-refractivity contribution in [3.8, 4) is 11.6 Å². The fraction of sp³-hybridized carbons (Fsp3) is 0.136. The van der Waals surface area contributed by atoms with Crippen molar-refractivity contribution in [1.82, 2.24) is 10.3 Å². The van der Waals surface area contributed by atoms with E-state index in [4.69, 9.17) is 21.1 Å². The van der Waals surface area contributed by atoms with Crippen molar-refractivity contribution >= 4 is 29.1 Å². The molecule has 8 heteroatoms. The number of carbonyl (C=O) groups is 2. The second kappa shape index (κ2) is 10.4. The minimum atomic E-state index is -0.781. The molecule has 0 fully saturated rings. The number of hydrogen-bond donors (Lipinski definition) is 2. The third-order valence-electron chi connectivity index (χ3n) is 3.99. The second-order valence-electron chi connectivity index (χ2n) is 6.33. The summed E-state index contributed by atoms with van der Waals surface area (Å²) in [5.74, 6) is -0.599. The van der Waals surface area contributed by atoms with Gasteiger partial charge >= 0.3 is 11.8 Å². The number of rotatable bonds is 7. The van der Waals surface area contributed by atoms with Crippen LogP contribution in [-0.4, -0.2) is 23.9 Å². The molecule has 0 atom stereocenters. The molecule has 0 bridgehead atoms. The summed E-state index contributed by atoms with van der Waals surface area (Å²) < 4.78 is 10.7. The molecule has 0 aliphatic rings. The van der Waals surface area contributed by atoms with Crippen LogP contribution in [0.15, 0.2) is 66.9 Å². The maximum Gasteiger partial charge on any atom is 0.313 e. The first-order valence-electron chi connectivity index (χ1n) is 9.09. The molecule has 0 unspecified atom stereocenters. The maximum absolute atomic E-state index is 12.1. The van der Waals surface area contributed by atoms with Crippen LogP contribution in [0.2, 0.25) is 5.02 Å². The van der Waals surface area contributed by atoms with E-state index in [-0.39, 0.29) is 6.54 Å². The van der Waals surface area contributed by atoms with Crippen LogP contribution in [0.25, 0.3) is 0 Å². The first-order valence-corrected chi connectivity index (χ1v) is 9.46. The minimum Gasteiger partial charge on any atom is -0.439 e. The number of methoxy groups -OCH3 is 1. The molecule has 1 heterocycles. The Bertz CT molecular complexity index is 1010. The molecule has 3 aromatic rings. The van der Waals surface area contributed by atoms with Crippen molar-refractivity contribution in [2.24, 2.45) is 0 Å². The number of carbonyl (C=O) groups excluding carboxylic acids is 2. The number of anilines is 1. The highest BCUT2D eigenvalue weighted by Gasteiger charge is 2.14. The highest BCUT2D eigenvalue weighted by Crippen LogP contribution is 2.22. The zero-order chi connectivity index (χ0) is 21.3. The molecule has 1 aromatic heterocycles. The van der Waals surface area contributed by atoms with Crippen LogP contribution >= 0.6 is 11.6 Å². The Labute approximate surface area is 179 Å². The Morgan fingerprint density at radius 2 is 1.77 bits per heavy atom. The average molecular weight is 426 g/mol. The van der Waals surface area contributed by atoms with Crippen molar-refractivity contribution in [2.45, 2.75) is 13.2 Å². The number of halogens is 1. The van der Waals surface area contributed by atoms with Gasteiger partial charge in [0, 0.05) is 24.7 Å². The Balaban J connectivity index is 1.50. The first kappa shape index (κ1) is 21.3. The summed E-state index contributed by atoms with van der Waals surface area (Å²) in [6.45, 7) is 0.711. The number of amides is 2. The number of pyridine rings is 1. The number of nitrogens with zero attached hydrogens (tertiary/aromatic N) is 1. The van der Waals surface area contributed by atoms with Crippen LogP contribution in [0.3, 0.4) is 0 Å². The average Bonchev–Trinajstić information content (AvgIpc) is 2.75. The Morgan fingerprint density at radius 1 is 1.00 bits per heavy atom. The fourth-order valence-electron chi connectivity index (χ4n) is 2.58. The van der Waals surface area contributed by atoms with Crippen molar-refractivity contribution in [1.29, 1.82) is 0 Å². The van der Waals surface area contributed by atoms with Gasteiger partial charge in [-0.25, -0.2) is 4.98 Å². The molecule has 0 saturated heterocycles. The standard InChI is InChI=1S/C22H20ClN3O4/c1-29-14-16-4-2-3-15(11-16)12-25-21(27)22(28)26-18-7-10-20(24-13-18)30-19-8-5-17(23)6-9-19/h2-11,13H,12,14H2,1H3,(H,25,27)(H,26,28). The summed E-state index contributed by atoms with van der Waals surface area (Å²) in [5, 5.41) is 5.70. The molecule has 0 spiro atoms. The topological polar surface area (TPSA) is 89.5 Å². The largest absolute Gasteiger partial charge is 0.439 e. The summed E-state index contributed by atoms with van der Waals surface area (Å²) in [6.07, 6.45) is 1.41. The lowest BCUT2D eigenvalue weighted by atomic mass is 10.1. The van der Waals surface area contributed by atoms with Crippen LogP contribution < -0.4 is 15.4 Å². The van der Waals surface area contributed by atoms with Gasteiger partial charge in [0.2, 0.25) is 5.88 Å². The van der Waals surface area contributed by atoms with Crippen molar-refractivity contribution in [3.63, 3.8) is 0 Å². The lowest BCUT2D eigenvalue weighted by Crippen LogP contribution is -2.35. The predicted octanol–water partition coefficient (Wildman–Crippen LogP) is 3.93. The van der Waals surface area contributed by atoms with E-state index in [1.165, 1.54) is 6.20 Å². The van der Waals surface area contributed by atoms with Crippen LogP contribution in [0.4, 0.5) is 5.69 Å². The van der Waals surface area contributed by atoms with Gasteiger partial charge in [-0.2, -0.15) is 0 Å². The zero-order valence-corrected chi connectivity index (χ0v) is 17.0. The predicted molar refractivity (Wildman–Crippen MR) is 113 cm³/mol. The lowest BCUT2D eigenvalue weighted by molar-refractivity contribution is -0.136. The molecule has 30 heavy (non-hydrogen) atoms. The van der Waals surface area contributed by atoms with Gasteiger partial charge in [0.25, 0.3) is 0 Å². The highest BCUT2D eigenvalue weighted by atomic mass is 35.5. The van der Waals surface area contributed by atoms with Crippen molar-refractivity contribution in [3.05, 3.63) is 83.0 Å². The number of ether oxygens (including phenoxy) is 2. The van der Waals surface area contributed by atoms with E-state index in [0.717, 1.165) is 11.1 Å². The summed E-state index contributed by atoms with van der Waals surface area (Å²) in [4.78, 5) is 28.3. The molecule has 0 aliphatic heterocycles. The Morgan fingerprint density at radius 3 is 2.47 bits per heavy atom. The molecule has 3 rings (SSSR count). The van der Waals surface area contributed by atoms with Gasteiger partial charge in [-0.1, -0.05) is 35.9 Å². The molecule has 2 aromatic carbocycles. The smallest absolute Gasteiger partial charge is 0.313 e. The van der Waals surface area contributed by atoms with E-state index in [0.29, 0.717) is 28.9 Å². The van der Waals surface area contributed by atoms with Crippen molar-refractivity contribution in [2.75, 3.05) is 12.4 Å². The van der Waals surface area contributed by atoms with Gasteiger partial charge in [-0.05, 0) is 41.5 Å². The molecule has 0 aliphatic carbocycles. The van der Waals surface area contributed by atoms with Gasteiger partial charge in [-0.15, -0.1) is 0 Å². The van der Waals surface area contributed by atoms with Crippen LogP contribution in [0.1, 0.15) is 11.1 Å². The molecule has 7 nitrogen and oxygen atoms in total. The lowest BCUT2D eigenvalue weighted by Gasteiger charge is -2.09. The van der Waals surface area contributed by atoms with Gasteiger partial charge in [0.1, 0.15) is 5.75 Å². The molecule has 0 saturated carbocycles. The molecule has 2 amide bonds. The van der Waals surface area contributed by atoms with Gasteiger partial charge in [0.15, 0.2) is 0 Å². The third kappa shape index (κ3) is 6.30. The fourth-order valence-corrected chi connectivity index (χ4v) is 2.71. The maximum atomic E-state index is 12.1. The Kier molecular flexibility index (Phi) is 7.37. The van der Waals surface area contributed by atoms with E-state index in [1.807, 2.05) is 24.3 Å². The summed E-state index contributed by atoms with van der Waals surface area (Å²) >= 11 is 5.84. The summed E-state index contributed by atoms with van der Waals surface area (Å²) in [5.41, 5.74) is 2.23. The van der Waals surface area contributed by atoms with Gasteiger partial charge in [0.05, 0.1) is 18.5 Å². The third-order valence-corrected chi connectivity index (χ3v) is 4.24. The van der Waals surface area contributed by atoms with Crippen LogP contribution in [0.5, 0.6) is 11.6 Å². The SMILES string of the molecule is COCc1cccc(CNC(=O)C(=O)Nc2ccc(Oc3ccc(Cl)cc3)nc2)c1. The van der Waals surface area contributed by atoms with E-state index in [2.05, 4.69) is 15.6 Å². The normalized spacial score (nSPS) is 10.3.